The van der Waals surface area contributed by atoms with Gasteiger partial charge in [0, 0.05) is 25.9 Å². The lowest BCUT2D eigenvalue weighted by Crippen LogP contribution is -2.32. The van der Waals surface area contributed by atoms with Crippen LogP contribution >= 0.6 is 0 Å². The van der Waals surface area contributed by atoms with Crippen molar-refractivity contribution in [1.29, 1.82) is 0 Å². The maximum Gasteiger partial charge on any atom is 0.490 e. The van der Waals surface area contributed by atoms with Gasteiger partial charge in [-0.15, -0.1) is 10.2 Å². The summed E-state index contributed by atoms with van der Waals surface area (Å²) in [6.45, 7) is 3.85. The number of fused-ring (bicyclic) bond motifs is 3. The number of allylic oxidation sites excluding steroid dienone is 1. The van der Waals surface area contributed by atoms with Crippen LogP contribution in [0.15, 0.2) is 12.3 Å². The predicted octanol–water partition coefficient (Wildman–Crippen LogP) is 3.62. The van der Waals surface area contributed by atoms with E-state index in [4.69, 9.17) is 14.6 Å². The fourth-order valence-electron chi connectivity index (χ4n) is 4.71. The average molecular weight is 527 g/mol. The fraction of sp³-hybridized carbons (Fsp3) is 0.625. The van der Waals surface area contributed by atoms with Gasteiger partial charge in [0.1, 0.15) is 11.9 Å². The molecule has 1 fully saturated rings. The first-order chi connectivity index (χ1) is 17.4. The molecule has 0 spiro atoms. The summed E-state index contributed by atoms with van der Waals surface area (Å²) < 4.78 is 39.8. The summed E-state index contributed by atoms with van der Waals surface area (Å²) in [4.78, 5) is 29.8. The first kappa shape index (κ1) is 28.4. The van der Waals surface area contributed by atoms with E-state index in [9.17, 15) is 18.0 Å². The number of carbonyl (C=O) groups is 2. The highest BCUT2D eigenvalue weighted by Crippen LogP contribution is 2.43. The number of aliphatic carboxylic acids is 1. The average Bonchev–Trinajstić information content (AvgIpc) is 3.55. The van der Waals surface area contributed by atoms with Crippen molar-refractivity contribution < 1.29 is 32.6 Å². The van der Waals surface area contributed by atoms with Crippen LogP contribution in [-0.4, -0.2) is 93.1 Å². The minimum absolute atomic E-state index is 0.0819. The van der Waals surface area contributed by atoms with Crippen LogP contribution in [0.4, 0.5) is 18.0 Å². The second-order valence-corrected chi connectivity index (χ2v) is 9.58. The Hall–Kier alpha value is -3.22. The first-order valence-electron chi connectivity index (χ1n) is 12.2. The van der Waals surface area contributed by atoms with Crippen LogP contribution in [0.25, 0.3) is 11.7 Å². The summed E-state index contributed by atoms with van der Waals surface area (Å²) in [5.74, 6) is -1.14. The zero-order chi connectivity index (χ0) is 27.3. The van der Waals surface area contributed by atoms with Gasteiger partial charge < -0.3 is 19.6 Å². The van der Waals surface area contributed by atoms with E-state index in [1.54, 1.807) is 11.1 Å². The molecule has 37 heavy (non-hydrogen) atoms. The number of nitrogens with zero attached hydrogens (tertiary/aromatic N) is 6. The van der Waals surface area contributed by atoms with Gasteiger partial charge in [-0.1, -0.05) is 19.4 Å². The lowest BCUT2D eigenvalue weighted by atomic mass is 9.93. The normalized spacial score (nSPS) is 20.6. The van der Waals surface area contributed by atoms with Gasteiger partial charge in [-0.25, -0.2) is 9.59 Å². The SMILES string of the molecule is CC[C@@H]1C[C@H](OC(=O)N(C)CCCN(C)C)C[C@@H]1c1nnc2cnc3c(n12)C=CC3.O=C(O)C(F)(F)F. The zero-order valence-electron chi connectivity index (χ0n) is 21.4. The number of hydrogen-bond acceptors (Lipinski definition) is 7. The van der Waals surface area contributed by atoms with Gasteiger partial charge in [0.25, 0.3) is 0 Å². The second-order valence-electron chi connectivity index (χ2n) is 9.58. The Morgan fingerprint density at radius 2 is 1.89 bits per heavy atom. The van der Waals surface area contributed by atoms with E-state index in [-0.39, 0.29) is 18.1 Å². The van der Waals surface area contributed by atoms with Crippen molar-refractivity contribution >= 4 is 23.8 Å². The predicted molar refractivity (Wildman–Crippen MR) is 129 cm³/mol. The molecule has 4 rings (SSSR count). The lowest BCUT2D eigenvalue weighted by Gasteiger charge is -2.21. The molecule has 0 bridgehead atoms. The van der Waals surface area contributed by atoms with Crippen LogP contribution < -0.4 is 0 Å². The molecular weight excluding hydrogens is 493 g/mol. The van der Waals surface area contributed by atoms with Crippen molar-refractivity contribution in [2.24, 2.45) is 5.92 Å². The molecule has 2 aliphatic rings. The van der Waals surface area contributed by atoms with E-state index < -0.39 is 12.1 Å². The number of ether oxygens (including phenoxy) is 1. The molecule has 0 aromatic carbocycles. The summed E-state index contributed by atoms with van der Waals surface area (Å²) in [5, 5.41) is 16.0. The number of hydrogen-bond donors (Lipinski definition) is 1. The summed E-state index contributed by atoms with van der Waals surface area (Å²) in [6.07, 6.45) is 5.12. The number of aromatic nitrogens is 4. The van der Waals surface area contributed by atoms with Crippen molar-refractivity contribution in [3.63, 3.8) is 0 Å². The number of rotatable bonds is 7. The van der Waals surface area contributed by atoms with Gasteiger partial charge in [-0.05, 0) is 51.9 Å². The van der Waals surface area contributed by atoms with Crippen LogP contribution in [0.1, 0.15) is 55.7 Å². The Kier molecular flexibility index (Phi) is 9.11. The number of alkyl halides is 3. The smallest absolute Gasteiger partial charge is 0.475 e. The Labute approximate surface area is 213 Å². The topological polar surface area (TPSA) is 113 Å². The Bertz CT molecular complexity index is 1130. The molecule has 1 saturated carbocycles. The molecule has 2 aromatic heterocycles. The molecule has 13 heteroatoms. The monoisotopic (exact) mass is 526 g/mol. The summed E-state index contributed by atoms with van der Waals surface area (Å²) in [5.41, 5.74) is 2.94. The van der Waals surface area contributed by atoms with Crippen LogP contribution in [-0.2, 0) is 16.0 Å². The van der Waals surface area contributed by atoms with Gasteiger partial charge in [0.2, 0.25) is 0 Å². The third-order valence-electron chi connectivity index (χ3n) is 6.60. The van der Waals surface area contributed by atoms with Crippen molar-refractivity contribution in [1.82, 2.24) is 29.4 Å². The number of amides is 1. The summed E-state index contributed by atoms with van der Waals surface area (Å²) in [6, 6.07) is 0. The Balaban J connectivity index is 0.000000479. The maximum absolute atomic E-state index is 12.6. The van der Waals surface area contributed by atoms with E-state index in [1.165, 1.54) is 0 Å². The van der Waals surface area contributed by atoms with E-state index >= 15 is 0 Å². The largest absolute Gasteiger partial charge is 0.490 e. The highest BCUT2D eigenvalue weighted by atomic mass is 19.4. The number of carboxylic acid groups (broad SMARTS) is 1. The second kappa shape index (κ2) is 11.9. The van der Waals surface area contributed by atoms with Crippen molar-refractivity contribution in [2.75, 3.05) is 34.2 Å². The molecule has 10 nitrogen and oxygen atoms in total. The molecule has 0 aliphatic heterocycles. The minimum Gasteiger partial charge on any atom is -0.475 e. The zero-order valence-corrected chi connectivity index (χ0v) is 21.4. The maximum atomic E-state index is 12.6. The van der Waals surface area contributed by atoms with E-state index in [2.05, 4.69) is 43.6 Å². The van der Waals surface area contributed by atoms with Gasteiger partial charge in [0.05, 0.1) is 17.6 Å². The van der Waals surface area contributed by atoms with Crippen LogP contribution in [0.5, 0.6) is 0 Å². The van der Waals surface area contributed by atoms with E-state index in [0.717, 1.165) is 61.5 Å². The van der Waals surface area contributed by atoms with Crippen molar-refractivity contribution in [3.8, 4) is 0 Å². The highest BCUT2D eigenvalue weighted by Gasteiger charge is 2.40. The molecule has 0 radical (unpaired) electrons. The van der Waals surface area contributed by atoms with E-state index in [1.807, 2.05) is 21.1 Å². The molecular formula is C24H33F3N6O4. The van der Waals surface area contributed by atoms with Gasteiger partial charge in [0.15, 0.2) is 5.65 Å². The molecule has 2 aliphatic carbocycles. The molecule has 204 valence electrons. The van der Waals surface area contributed by atoms with E-state index in [0.29, 0.717) is 12.5 Å². The third-order valence-corrected chi connectivity index (χ3v) is 6.60. The van der Waals surface area contributed by atoms with Crippen molar-refractivity contribution in [2.45, 2.75) is 57.2 Å². The minimum atomic E-state index is -5.08. The number of carbonyl (C=O) groups excluding carboxylic acids is 1. The molecule has 0 unspecified atom stereocenters. The van der Waals surface area contributed by atoms with Gasteiger partial charge in [-0.3, -0.25) is 9.38 Å². The van der Waals surface area contributed by atoms with Gasteiger partial charge >= 0.3 is 18.2 Å². The number of carboxylic acids is 1. The lowest BCUT2D eigenvalue weighted by molar-refractivity contribution is -0.192. The quantitative estimate of drug-likeness (QED) is 0.582. The molecule has 1 N–H and O–H groups in total. The third kappa shape index (κ3) is 6.96. The Morgan fingerprint density at radius 3 is 2.51 bits per heavy atom. The molecule has 2 aromatic rings. The summed E-state index contributed by atoms with van der Waals surface area (Å²) >= 11 is 0. The molecule has 3 atom stereocenters. The van der Waals surface area contributed by atoms with Crippen LogP contribution in [0.2, 0.25) is 0 Å². The van der Waals surface area contributed by atoms with Crippen LogP contribution in [0.3, 0.4) is 0 Å². The molecule has 1 amide bonds. The standard InChI is InChI=1S/C22H32N6O2.C2HF3O2/c1-5-15-12-16(30-22(29)27(4)11-7-10-26(2)3)13-17(15)21-25-24-20-14-23-18-8-6-9-19(18)28(20)21;3-2(4,5)1(6)7/h6,9,14-17H,5,7-8,10-13H2,1-4H3;(H,6,7)/t15-,16+,17+;/m1./s1. The van der Waals surface area contributed by atoms with Crippen molar-refractivity contribution in [3.05, 3.63) is 29.5 Å². The fourth-order valence-corrected chi connectivity index (χ4v) is 4.71. The highest BCUT2D eigenvalue weighted by molar-refractivity contribution is 5.73. The Morgan fingerprint density at radius 1 is 1.19 bits per heavy atom. The van der Waals surface area contributed by atoms with Gasteiger partial charge in [-0.2, -0.15) is 13.2 Å². The molecule has 0 saturated heterocycles. The molecule has 2 heterocycles. The number of halogens is 3. The summed E-state index contributed by atoms with van der Waals surface area (Å²) in [7, 11) is 5.89. The first-order valence-corrected chi connectivity index (χ1v) is 12.2. The van der Waals surface area contributed by atoms with Crippen LogP contribution in [0, 0.1) is 5.92 Å².